The second-order valence-electron chi connectivity index (χ2n) is 5.09. The molecule has 0 radical (unpaired) electrons. The lowest BCUT2D eigenvalue weighted by Gasteiger charge is -2.21. The highest BCUT2D eigenvalue weighted by molar-refractivity contribution is 7.17. The Kier molecular flexibility index (Phi) is 4.80. The first-order valence-electron chi connectivity index (χ1n) is 7.45. The predicted molar refractivity (Wildman–Crippen MR) is 92.0 cm³/mol. The zero-order chi connectivity index (χ0) is 16.9. The standard InChI is InChI=1S/C15H16N6O2S/c1-2-6-21(15(23)20-11-3-5-16-9-17-11)8-12-18-10-4-7-24-13(10)14(22)19-12/h3-5,7,9H,2,6,8H2,1H3,(H,18,19,22)(H,16,17,20,23). The zero-order valence-corrected chi connectivity index (χ0v) is 13.8. The lowest BCUT2D eigenvalue weighted by molar-refractivity contribution is 0.207. The van der Waals surface area contributed by atoms with Crippen molar-refractivity contribution in [1.82, 2.24) is 24.8 Å². The van der Waals surface area contributed by atoms with Crippen LogP contribution in [0.1, 0.15) is 19.2 Å². The first-order chi connectivity index (χ1) is 11.7. The van der Waals surface area contributed by atoms with Crippen LogP contribution in [-0.4, -0.2) is 37.4 Å². The van der Waals surface area contributed by atoms with Crippen LogP contribution < -0.4 is 10.9 Å². The first-order valence-corrected chi connectivity index (χ1v) is 8.33. The van der Waals surface area contributed by atoms with Gasteiger partial charge in [0.25, 0.3) is 5.56 Å². The molecule has 3 aromatic heterocycles. The van der Waals surface area contributed by atoms with Gasteiger partial charge in [0.2, 0.25) is 0 Å². The molecule has 0 aromatic carbocycles. The van der Waals surface area contributed by atoms with Gasteiger partial charge in [-0.25, -0.2) is 19.7 Å². The van der Waals surface area contributed by atoms with Gasteiger partial charge in [0.1, 0.15) is 22.7 Å². The summed E-state index contributed by atoms with van der Waals surface area (Å²) in [5.41, 5.74) is 0.462. The van der Waals surface area contributed by atoms with Crippen LogP contribution in [0.3, 0.4) is 0 Å². The molecule has 0 saturated carbocycles. The first kappa shape index (κ1) is 16.1. The number of urea groups is 1. The second-order valence-corrected chi connectivity index (χ2v) is 6.01. The fraction of sp³-hybridized carbons (Fsp3) is 0.267. The molecule has 0 bridgehead atoms. The number of carbonyl (C=O) groups is 1. The molecule has 2 amide bonds. The van der Waals surface area contributed by atoms with E-state index in [9.17, 15) is 9.59 Å². The van der Waals surface area contributed by atoms with Gasteiger partial charge in [-0.3, -0.25) is 10.1 Å². The van der Waals surface area contributed by atoms with E-state index in [4.69, 9.17) is 0 Å². The van der Waals surface area contributed by atoms with Crippen molar-refractivity contribution in [2.24, 2.45) is 0 Å². The van der Waals surface area contributed by atoms with Crippen LogP contribution in [0.15, 0.2) is 34.8 Å². The van der Waals surface area contributed by atoms with E-state index in [0.717, 1.165) is 6.42 Å². The monoisotopic (exact) mass is 344 g/mol. The fourth-order valence-corrected chi connectivity index (χ4v) is 2.98. The van der Waals surface area contributed by atoms with Crippen LogP contribution >= 0.6 is 11.3 Å². The molecule has 0 aliphatic rings. The Morgan fingerprint density at radius 2 is 2.29 bits per heavy atom. The van der Waals surface area contributed by atoms with Crippen molar-refractivity contribution in [3.05, 3.63) is 46.2 Å². The smallest absolute Gasteiger partial charge is 0.317 e. The minimum Gasteiger partial charge on any atom is -0.317 e. The normalized spacial score (nSPS) is 10.7. The molecule has 3 rings (SSSR count). The van der Waals surface area contributed by atoms with Gasteiger partial charge in [-0.05, 0) is 23.9 Å². The van der Waals surface area contributed by atoms with Crippen molar-refractivity contribution in [2.75, 3.05) is 11.9 Å². The summed E-state index contributed by atoms with van der Waals surface area (Å²) in [7, 11) is 0. The average molecular weight is 344 g/mol. The van der Waals surface area contributed by atoms with Gasteiger partial charge in [-0.2, -0.15) is 0 Å². The van der Waals surface area contributed by atoms with Crippen molar-refractivity contribution in [3.63, 3.8) is 0 Å². The molecule has 0 atom stereocenters. The minimum atomic E-state index is -0.302. The number of rotatable bonds is 5. The maximum atomic E-state index is 12.4. The third-order valence-corrected chi connectivity index (χ3v) is 4.20. The third kappa shape index (κ3) is 3.57. The van der Waals surface area contributed by atoms with Gasteiger partial charge in [-0.1, -0.05) is 6.92 Å². The molecule has 0 fully saturated rings. The molecule has 3 aromatic rings. The molecular weight excluding hydrogens is 328 g/mol. The summed E-state index contributed by atoms with van der Waals surface area (Å²) in [4.78, 5) is 41.0. The summed E-state index contributed by atoms with van der Waals surface area (Å²) in [6.07, 6.45) is 3.70. The zero-order valence-electron chi connectivity index (χ0n) is 13.0. The molecule has 0 saturated heterocycles. The number of nitrogens with zero attached hydrogens (tertiary/aromatic N) is 4. The summed E-state index contributed by atoms with van der Waals surface area (Å²) in [6, 6.07) is 3.10. The number of nitrogens with one attached hydrogen (secondary N) is 2. The van der Waals surface area contributed by atoms with Gasteiger partial charge >= 0.3 is 6.03 Å². The maximum absolute atomic E-state index is 12.4. The summed E-state index contributed by atoms with van der Waals surface area (Å²) in [5.74, 6) is 0.878. The number of aromatic nitrogens is 4. The largest absolute Gasteiger partial charge is 0.323 e. The molecule has 8 nitrogen and oxygen atoms in total. The molecule has 24 heavy (non-hydrogen) atoms. The number of thiophene rings is 1. The third-order valence-electron chi connectivity index (χ3n) is 3.30. The number of amides is 2. The van der Waals surface area contributed by atoms with E-state index in [-0.39, 0.29) is 18.1 Å². The van der Waals surface area contributed by atoms with Crippen LogP contribution in [0.25, 0.3) is 10.2 Å². The Balaban J connectivity index is 1.79. The van der Waals surface area contributed by atoms with E-state index in [1.807, 2.05) is 12.3 Å². The number of aromatic amines is 1. The molecule has 0 spiro atoms. The molecular formula is C15H16N6O2S. The lowest BCUT2D eigenvalue weighted by atomic mass is 10.4. The topological polar surface area (TPSA) is 104 Å². The Bertz CT molecular complexity index is 892. The van der Waals surface area contributed by atoms with Gasteiger partial charge < -0.3 is 9.88 Å². The van der Waals surface area contributed by atoms with Crippen LogP contribution in [0.4, 0.5) is 10.6 Å². The quantitative estimate of drug-likeness (QED) is 0.738. The fourth-order valence-electron chi connectivity index (χ4n) is 2.25. The van der Waals surface area contributed by atoms with Gasteiger partial charge in [0, 0.05) is 12.7 Å². The van der Waals surface area contributed by atoms with Gasteiger partial charge in [0.15, 0.2) is 0 Å². The van der Waals surface area contributed by atoms with Crippen LogP contribution in [0, 0.1) is 0 Å². The molecule has 0 unspecified atom stereocenters. The van der Waals surface area contributed by atoms with Gasteiger partial charge in [-0.15, -0.1) is 11.3 Å². The molecule has 0 aliphatic carbocycles. The van der Waals surface area contributed by atoms with Crippen molar-refractivity contribution in [1.29, 1.82) is 0 Å². The average Bonchev–Trinajstić information content (AvgIpc) is 3.04. The number of hydrogen-bond donors (Lipinski definition) is 2. The van der Waals surface area contributed by atoms with Crippen molar-refractivity contribution in [3.8, 4) is 0 Å². The van der Waals surface area contributed by atoms with E-state index < -0.39 is 0 Å². The lowest BCUT2D eigenvalue weighted by Crippen LogP contribution is -2.36. The molecule has 3 heterocycles. The molecule has 2 N–H and O–H groups in total. The highest BCUT2D eigenvalue weighted by Crippen LogP contribution is 2.14. The van der Waals surface area contributed by atoms with E-state index in [2.05, 4.69) is 25.3 Å². The summed E-state index contributed by atoms with van der Waals surface area (Å²) in [5, 5.41) is 4.53. The SMILES string of the molecule is CCCN(Cc1nc2ccsc2c(=O)[nH]1)C(=O)Nc1ccncn1. The molecule has 9 heteroatoms. The Hall–Kier alpha value is -2.81. The minimum absolute atomic E-state index is 0.183. The van der Waals surface area contributed by atoms with Crippen molar-refractivity contribution >= 4 is 33.4 Å². The van der Waals surface area contributed by atoms with E-state index in [1.165, 1.54) is 17.7 Å². The van der Waals surface area contributed by atoms with Crippen LogP contribution in [0.5, 0.6) is 0 Å². The number of carbonyl (C=O) groups excluding carboxylic acids is 1. The number of hydrogen-bond acceptors (Lipinski definition) is 6. The Morgan fingerprint density at radius 1 is 1.42 bits per heavy atom. The summed E-state index contributed by atoms with van der Waals surface area (Å²) < 4.78 is 0.589. The number of fused-ring (bicyclic) bond motifs is 1. The van der Waals surface area contributed by atoms with E-state index >= 15 is 0 Å². The van der Waals surface area contributed by atoms with E-state index in [1.54, 1.807) is 23.2 Å². The van der Waals surface area contributed by atoms with Crippen molar-refractivity contribution < 1.29 is 4.79 Å². The van der Waals surface area contributed by atoms with Crippen molar-refractivity contribution in [2.45, 2.75) is 19.9 Å². The summed E-state index contributed by atoms with van der Waals surface area (Å²) in [6.45, 7) is 2.72. The van der Waals surface area contributed by atoms with Crippen LogP contribution in [0.2, 0.25) is 0 Å². The molecule has 0 aliphatic heterocycles. The Morgan fingerprint density at radius 3 is 3.04 bits per heavy atom. The predicted octanol–water partition coefficient (Wildman–Crippen LogP) is 2.22. The van der Waals surface area contributed by atoms with Gasteiger partial charge in [0.05, 0.1) is 12.1 Å². The molecule has 124 valence electrons. The highest BCUT2D eigenvalue weighted by atomic mass is 32.1. The van der Waals surface area contributed by atoms with E-state index in [0.29, 0.717) is 28.4 Å². The summed E-state index contributed by atoms with van der Waals surface area (Å²) >= 11 is 1.35. The number of H-pyrrole nitrogens is 1. The highest BCUT2D eigenvalue weighted by Gasteiger charge is 2.16. The number of anilines is 1. The second kappa shape index (κ2) is 7.18. The Labute approximate surface area is 141 Å². The van der Waals surface area contributed by atoms with Crippen LogP contribution in [-0.2, 0) is 6.54 Å². The maximum Gasteiger partial charge on any atom is 0.323 e.